The molecule has 4 aromatic rings. The Morgan fingerprint density at radius 1 is 0.770 bits per heavy atom. The van der Waals surface area contributed by atoms with Crippen LogP contribution in [0.25, 0.3) is 0 Å². The van der Waals surface area contributed by atoms with E-state index in [0.717, 1.165) is 44.5 Å². The molecule has 0 spiro atoms. The number of nitrogen functional groups attached to an aromatic ring is 2. The van der Waals surface area contributed by atoms with E-state index in [9.17, 15) is 38.2 Å². The number of carbonyl (C=O) groups excluding carboxylic acids is 2. The van der Waals surface area contributed by atoms with E-state index in [2.05, 4.69) is 33.1 Å². The minimum atomic E-state index is -3.96. The molecule has 20 nitrogen and oxygen atoms in total. The van der Waals surface area contributed by atoms with Gasteiger partial charge in [0.25, 0.3) is 5.16 Å². The topological polar surface area (TPSA) is 283 Å². The number of aromatic nitrogens is 4. The van der Waals surface area contributed by atoms with E-state index in [0.29, 0.717) is 18.4 Å². The Morgan fingerprint density at radius 2 is 1.16 bits per heavy atom. The molecule has 0 saturated carbocycles. The number of benzene rings is 2. The molecule has 2 heterocycles. The minimum Gasteiger partial charge on any atom is -0.449 e. The number of rotatable bonds is 16. The van der Waals surface area contributed by atoms with Crippen molar-refractivity contribution in [1.82, 2.24) is 19.9 Å². The van der Waals surface area contributed by atoms with Gasteiger partial charge >= 0.3 is 23.6 Å². The summed E-state index contributed by atoms with van der Waals surface area (Å²) in [7, 11) is -3.96. The first kappa shape index (κ1) is 56.5. The number of amides is 2. The van der Waals surface area contributed by atoms with Gasteiger partial charge in [-0.2, -0.15) is 19.9 Å². The van der Waals surface area contributed by atoms with Crippen LogP contribution in [0.5, 0.6) is 0 Å². The Hall–Kier alpha value is -4.47. The predicted octanol–water partition coefficient (Wildman–Crippen LogP) is 6.47. The van der Waals surface area contributed by atoms with Crippen LogP contribution in [-0.2, 0) is 111 Å². The van der Waals surface area contributed by atoms with E-state index in [1.54, 1.807) is 50.5 Å². The summed E-state index contributed by atoms with van der Waals surface area (Å²) in [5.74, 6) is -1.76. The third-order valence-electron chi connectivity index (χ3n) is 7.54. The summed E-state index contributed by atoms with van der Waals surface area (Å²) in [5.41, 5.74) is 13.3. The molecule has 0 fully saturated rings. The number of thioether (sulfide) groups is 1. The van der Waals surface area contributed by atoms with E-state index in [1.807, 2.05) is 30.3 Å². The Balaban J connectivity index is 0.00000113. The number of nitrogens with two attached hydrogens (primary N) is 2. The summed E-state index contributed by atoms with van der Waals surface area (Å²) in [6, 6.07) is 14.6. The van der Waals surface area contributed by atoms with E-state index >= 15 is 0 Å². The molecule has 0 aliphatic heterocycles. The van der Waals surface area contributed by atoms with Crippen molar-refractivity contribution in [3.8, 4) is 0 Å². The Bertz CT molecular complexity index is 2310. The molecule has 322 valence electrons. The third-order valence-corrected chi connectivity index (χ3v) is 8.93. The zero-order valence-electron chi connectivity index (χ0n) is 33.2. The second-order valence-electron chi connectivity index (χ2n) is 11.8. The molecule has 2 aromatic carbocycles. The third kappa shape index (κ3) is 16.1. The van der Waals surface area contributed by atoms with Crippen LogP contribution in [0.15, 0.2) is 84.2 Å². The minimum absolute atomic E-state index is 0. The average molecular weight is 1030 g/mol. The second-order valence-corrected chi connectivity index (χ2v) is 14.5. The van der Waals surface area contributed by atoms with Gasteiger partial charge in [-0.15, -0.1) is 13.2 Å². The van der Waals surface area contributed by atoms with Crippen molar-refractivity contribution >= 4 is 68.4 Å². The van der Waals surface area contributed by atoms with Gasteiger partial charge in [-0.05, 0) is 55.2 Å². The van der Waals surface area contributed by atoms with Crippen molar-refractivity contribution in [2.75, 3.05) is 47.0 Å². The van der Waals surface area contributed by atoms with Gasteiger partial charge in [0.15, 0.2) is 5.16 Å². The molecule has 0 unspecified atom stereocenters. The van der Waals surface area contributed by atoms with Crippen molar-refractivity contribution < 1.29 is 103 Å². The van der Waals surface area contributed by atoms with Crippen LogP contribution in [0.3, 0.4) is 0 Å². The van der Waals surface area contributed by atoms with Crippen molar-refractivity contribution in [1.29, 1.82) is 0 Å². The van der Waals surface area contributed by atoms with Gasteiger partial charge in [0.05, 0.1) is 36.1 Å². The van der Waals surface area contributed by atoms with E-state index in [4.69, 9.17) is 20.9 Å². The second kappa shape index (κ2) is 26.8. The monoisotopic (exact) mass is 1030 g/mol. The molecule has 0 saturated heterocycles. The van der Waals surface area contributed by atoms with Crippen LogP contribution in [0.1, 0.15) is 43.5 Å². The average Bonchev–Trinajstić information content (AvgIpc) is 3.15. The molecular weight excluding hydrogens is 986 g/mol. The number of hydrogen-bond acceptors (Lipinski definition) is 17. The molecule has 4 N–H and O–H groups in total. The number of anilines is 4. The zero-order chi connectivity index (χ0) is 43.2. The van der Waals surface area contributed by atoms with Gasteiger partial charge < -0.3 is 20.9 Å². The van der Waals surface area contributed by atoms with Crippen LogP contribution in [-0.4, -0.2) is 76.1 Å². The molecule has 24 heteroatoms. The molecule has 0 bridgehead atoms. The van der Waals surface area contributed by atoms with Crippen LogP contribution >= 0.6 is 11.8 Å². The van der Waals surface area contributed by atoms with Gasteiger partial charge in [-0.1, -0.05) is 79.9 Å². The first-order valence-electron chi connectivity index (χ1n) is 17.1. The summed E-state index contributed by atoms with van der Waals surface area (Å²) >= 11 is 1.16. The van der Waals surface area contributed by atoms with Gasteiger partial charge in [-0.3, -0.25) is 30.0 Å². The molecule has 0 atom stereocenters. The van der Waals surface area contributed by atoms with Crippen molar-refractivity contribution in [3.63, 3.8) is 0 Å². The Labute approximate surface area is 408 Å². The maximum Gasteiger partial charge on any atom is 0.415 e. The molecule has 2 amide bonds. The fraction of sp³-hybridized carbons (Fsp3) is 0.297. The smallest absolute Gasteiger partial charge is 0.415 e. The van der Waals surface area contributed by atoms with E-state index in [1.165, 1.54) is 0 Å². The largest absolute Gasteiger partial charge is 0.449 e. The quantitative estimate of drug-likeness (QED) is 0.0399. The molecule has 2 radical (unpaired) electrons. The van der Waals surface area contributed by atoms with Crippen LogP contribution < -0.4 is 21.3 Å². The van der Waals surface area contributed by atoms with Gasteiger partial charge in [-0.25, -0.2) is 18.0 Å². The van der Waals surface area contributed by atoms with Crippen LogP contribution in [0.4, 0.5) is 44.2 Å². The molecule has 0 aliphatic carbocycles. The molecule has 4 rings (SSSR count). The molecular formula is C37H46N10O10S2Y2. The van der Waals surface area contributed by atoms with Gasteiger partial charge in [0, 0.05) is 71.7 Å². The molecule has 61 heavy (non-hydrogen) atoms. The fourth-order valence-corrected chi connectivity index (χ4v) is 6.01. The van der Waals surface area contributed by atoms with Crippen LogP contribution in [0.2, 0.25) is 0 Å². The Kier molecular flexibility index (Phi) is 24.8. The molecule has 2 aromatic heterocycles. The SMILES string of the molecule is C.C=CCc1cccc(CN(C(=O)OCC)c2nc(S(C)(=O)=O)nc(N)c2[N+](=O)[O-])c1.C=CCc1cccc(CN(C(=O)OCC)c2nc(SC)nc(N)c2[N+](=O)[O-])c1.[Y].[Y]. The maximum absolute atomic E-state index is 12.6. The number of sulfone groups is 1. The van der Waals surface area contributed by atoms with Crippen molar-refractivity contribution in [2.24, 2.45) is 0 Å². The molecule has 0 aliphatic rings. The number of hydrogen-bond donors (Lipinski definition) is 2. The summed E-state index contributed by atoms with van der Waals surface area (Å²) < 4.78 is 33.9. The number of ether oxygens (including phenoxy) is 2. The first-order valence-corrected chi connectivity index (χ1v) is 20.2. The zero-order valence-corrected chi connectivity index (χ0v) is 40.5. The number of nitro groups is 2. The number of carbonyl (C=O) groups is 2. The number of allylic oxidation sites excluding steroid dienone is 2. The normalized spacial score (nSPS) is 10.2. The van der Waals surface area contributed by atoms with Crippen molar-refractivity contribution in [3.05, 3.63) is 116 Å². The van der Waals surface area contributed by atoms with Gasteiger partial charge in [0.2, 0.25) is 33.1 Å². The van der Waals surface area contributed by atoms with E-state index in [-0.39, 0.29) is 116 Å². The van der Waals surface area contributed by atoms with Crippen molar-refractivity contribution in [2.45, 2.75) is 57.5 Å². The maximum atomic E-state index is 12.6. The standard InChI is InChI=1S/C18H21N5O6S.C18H21N5O4S.CH4.2Y/c1-4-7-12-8-6-9-13(10-12)11-22(18(24)29-5-2)16-14(23(25)26)15(19)20-17(21-16)30(3,27)28;1-4-7-12-8-6-9-13(10-12)11-22(18(24)27-5-2)16-14(23(25)26)15(19)20-17(21-16)28-3;;;/h4,6,8-10H,1,5,7,11H2,2-3H3,(H2,19,20,21);4,6,8-10H,1,5,7,11H2,2-3H3,(H2,19,20,21);1H4;;. The van der Waals surface area contributed by atoms with Crippen LogP contribution in [0, 0.1) is 20.2 Å². The fourth-order valence-electron chi connectivity index (χ4n) is 5.13. The summed E-state index contributed by atoms with van der Waals surface area (Å²) in [6.07, 6.45) is 5.52. The Morgan fingerprint density at radius 3 is 1.52 bits per heavy atom. The summed E-state index contributed by atoms with van der Waals surface area (Å²) in [6.45, 7) is 10.5. The predicted molar refractivity (Wildman–Crippen MR) is 225 cm³/mol. The van der Waals surface area contributed by atoms with E-state index < -0.39 is 60.0 Å². The summed E-state index contributed by atoms with van der Waals surface area (Å²) in [5, 5.41) is 22.6. The van der Waals surface area contributed by atoms with Gasteiger partial charge in [0.1, 0.15) is 0 Å². The first-order chi connectivity index (χ1) is 27.5. The summed E-state index contributed by atoms with van der Waals surface area (Å²) in [4.78, 5) is 64.1. The number of nitrogens with zero attached hydrogens (tertiary/aromatic N) is 8.